The van der Waals surface area contributed by atoms with Gasteiger partial charge in [-0.1, -0.05) is 23.7 Å². The standard InChI is InChI=1S/C17H12ClF2NO3/c1-24-17(23)12-8-15(14(20)9-13(12)19)21-16(22)6-5-10-3-2-4-11(18)7-10/h2-9H,1H3,(H,21,22)/b6-5+. The molecule has 1 amide bonds. The Morgan fingerprint density at radius 2 is 1.92 bits per heavy atom. The maximum atomic E-state index is 13.7. The molecule has 0 aliphatic heterocycles. The van der Waals surface area contributed by atoms with E-state index in [1.807, 2.05) is 0 Å². The maximum Gasteiger partial charge on any atom is 0.340 e. The van der Waals surface area contributed by atoms with Gasteiger partial charge in [-0.05, 0) is 29.8 Å². The lowest BCUT2D eigenvalue weighted by Gasteiger charge is -2.07. The predicted molar refractivity (Wildman–Crippen MR) is 86.8 cm³/mol. The number of amides is 1. The summed E-state index contributed by atoms with van der Waals surface area (Å²) in [6, 6.07) is 8.14. The van der Waals surface area contributed by atoms with Gasteiger partial charge in [0.1, 0.15) is 11.6 Å². The lowest BCUT2D eigenvalue weighted by Crippen LogP contribution is -2.12. The molecule has 0 fully saturated rings. The van der Waals surface area contributed by atoms with E-state index in [4.69, 9.17) is 11.6 Å². The maximum absolute atomic E-state index is 13.7. The van der Waals surface area contributed by atoms with Crippen molar-refractivity contribution in [2.24, 2.45) is 0 Å². The Labute approximate surface area is 141 Å². The minimum atomic E-state index is -1.08. The Balaban J connectivity index is 2.18. The largest absolute Gasteiger partial charge is 0.465 e. The molecule has 7 heteroatoms. The summed E-state index contributed by atoms with van der Waals surface area (Å²) in [5, 5.41) is 2.74. The van der Waals surface area contributed by atoms with Gasteiger partial charge in [-0.3, -0.25) is 4.79 Å². The lowest BCUT2D eigenvalue weighted by atomic mass is 10.1. The van der Waals surface area contributed by atoms with Crippen molar-refractivity contribution < 1.29 is 23.1 Å². The summed E-state index contributed by atoms with van der Waals surface area (Å²) < 4.78 is 31.7. The SMILES string of the molecule is COC(=O)c1cc(NC(=O)/C=C/c2cccc(Cl)c2)c(F)cc1F. The molecular weight excluding hydrogens is 340 g/mol. The first-order valence-electron chi connectivity index (χ1n) is 6.72. The molecule has 0 saturated heterocycles. The number of rotatable bonds is 4. The number of nitrogens with one attached hydrogen (secondary N) is 1. The molecule has 0 aromatic heterocycles. The topological polar surface area (TPSA) is 55.4 Å². The molecule has 0 bridgehead atoms. The van der Waals surface area contributed by atoms with Crippen LogP contribution in [-0.4, -0.2) is 19.0 Å². The summed E-state index contributed by atoms with van der Waals surface area (Å²) in [5.41, 5.74) is -0.141. The van der Waals surface area contributed by atoms with Crippen LogP contribution in [0.25, 0.3) is 6.08 Å². The van der Waals surface area contributed by atoms with Gasteiger partial charge in [0, 0.05) is 17.2 Å². The van der Waals surface area contributed by atoms with Gasteiger partial charge in [-0.15, -0.1) is 0 Å². The molecule has 1 N–H and O–H groups in total. The monoisotopic (exact) mass is 351 g/mol. The van der Waals surface area contributed by atoms with Gasteiger partial charge in [-0.25, -0.2) is 13.6 Å². The number of carbonyl (C=O) groups excluding carboxylic acids is 2. The van der Waals surface area contributed by atoms with Crippen LogP contribution in [0.3, 0.4) is 0 Å². The molecule has 0 radical (unpaired) electrons. The Bertz CT molecular complexity index is 821. The third kappa shape index (κ3) is 4.39. The minimum Gasteiger partial charge on any atom is -0.465 e. The van der Waals surface area contributed by atoms with Gasteiger partial charge in [-0.2, -0.15) is 0 Å². The molecule has 0 atom stereocenters. The molecule has 0 aliphatic rings. The molecule has 2 aromatic rings. The quantitative estimate of drug-likeness (QED) is 0.667. The molecule has 0 saturated carbocycles. The number of hydrogen-bond donors (Lipinski definition) is 1. The van der Waals surface area contributed by atoms with Gasteiger partial charge >= 0.3 is 5.97 Å². The average Bonchev–Trinajstić information content (AvgIpc) is 2.55. The highest BCUT2D eigenvalue weighted by Crippen LogP contribution is 2.20. The van der Waals surface area contributed by atoms with E-state index in [1.165, 1.54) is 6.08 Å². The van der Waals surface area contributed by atoms with E-state index in [1.54, 1.807) is 24.3 Å². The van der Waals surface area contributed by atoms with Crippen molar-refractivity contribution in [2.45, 2.75) is 0 Å². The molecule has 24 heavy (non-hydrogen) atoms. The van der Waals surface area contributed by atoms with Crippen molar-refractivity contribution in [2.75, 3.05) is 12.4 Å². The van der Waals surface area contributed by atoms with E-state index >= 15 is 0 Å². The second-order valence-electron chi connectivity index (χ2n) is 4.68. The first-order valence-corrected chi connectivity index (χ1v) is 7.10. The number of halogens is 3. The summed E-state index contributed by atoms with van der Waals surface area (Å²) in [4.78, 5) is 23.3. The second kappa shape index (κ2) is 7.70. The zero-order valence-electron chi connectivity index (χ0n) is 12.5. The lowest BCUT2D eigenvalue weighted by molar-refractivity contribution is -0.111. The minimum absolute atomic E-state index is 0.336. The third-order valence-corrected chi connectivity index (χ3v) is 3.23. The van der Waals surface area contributed by atoms with Gasteiger partial charge in [0.2, 0.25) is 5.91 Å². The van der Waals surface area contributed by atoms with Crippen LogP contribution in [-0.2, 0) is 9.53 Å². The number of esters is 1. The summed E-state index contributed by atoms with van der Waals surface area (Å²) in [5.74, 6) is -3.72. The van der Waals surface area contributed by atoms with E-state index in [2.05, 4.69) is 10.1 Å². The van der Waals surface area contributed by atoms with E-state index in [0.717, 1.165) is 19.3 Å². The van der Waals surface area contributed by atoms with E-state index in [9.17, 15) is 18.4 Å². The highest BCUT2D eigenvalue weighted by atomic mass is 35.5. The van der Waals surface area contributed by atoms with Crippen molar-refractivity contribution in [1.82, 2.24) is 0 Å². The predicted octanol–water partition coefficient (Wildman–Crippen LogP) is 4.06. The van der Waals surface area contributed by atoms with Crippen molar-refractivity contribution >= 4 is 35.2 Å². The van der Waals surface area contributed by atoms with Crippen LogP contribution >= 0.6 is 11.6 Å². The zero-order valence-corrected chi connectivity index (χ0v) is 13.2. The molecule has 2 rings (SSSR count). The molecule has 2 aromatic carbocycles. The molecule has 0 aliphatic carbocycles. The van der Waals surface area contributed by atoms with Gasteiger partial charge in [0.25, 0.3) is 0 Å². The number of benzene rings is 2. The van der Waals surface area contributed by atoms with Crippen molar-refractivity contribution in [3.05, 3.63) is 70.3 Å². The summed E-state index contributed by atoms with van der Waals surface area (Å²) in [6.45, 7) is 0. The normalized spacial score (nSPS) is 10.7. The van der Waals surface area contributed by atoms with Crippen LogP contribution < -0.4 is 5.32 Å². The first kappa shape index (κ1) is 17.6. The Morgan fingerprint density at radius 3 is 2.58 bits per heavy atom. The number of methoxy groups -OCH3 is 1. The summed E-state index contributed by atoms with van der Waals surface area (Å²) in [7, 11) is 1.07. The summed E-state index contributed by atoms with van der Waals surface area (Å²) in [6.07, 6.45) is 2.64. The van der Waals surface area contributed by atoms with Crippen LogP contribution in [0, 0.1) is 11.6 Å². The van der Waals surface area contributed by atoms with E-state index in [0.29, 0.717) is 16.7 Å². The fourth-order valence-electron chi connectivity index (χ4n) is 1.87. The van der Waals surface area contributed by atoms with Crippen LogP contribution in [0.5, 0.6) is 0 Å². The third-order valence-electron chi connectivity index (χ3n) is 3.00. The number of ether oxygens (including phenoxy) is 1. The fraction of sp³-hybridized carbons (Fsp3) is 0.0588. The Kier molecular flexibility index (Phi) is 5.65. The van der Waals surface area contributed by atoms with Gasteiger partial charge in [0.05, 0.1) is 18.4 Å². The van der Waals surface area contributed by atoms with E-state index < -0.39 is 29.1 Å². The summed E-state index contributed by atoms with van der Waals surface area (Å²) >= 11 is 5.82. The Hall–Kier alpha value is -2.73. The molecule has 0 spiro atoms. The molecular formula is C17H12ClF2NO3. The zero-order chi connectivity index (χ0) is 17.7. The number of anilines is 1. The smallest absolute Gasteiger partial charge is 0.340 e. The molecule has 124 valence electrons. The highest BCUT2D eigenvalue weighted by Gasteiger charge is 2.17. The average molecular weight is 352 g/mol. The van der Waals surface area contributed by atoms with Gasteiger partial charge < -0.3 is 10.1 Å². The van der Waals surface area contributed by atoms with Crippen molar-refractivity contribution in [3.8, 4) is 0 Å². The number of carbonyl (C=O) groups is 2. The molecule has 4 nitrogen and oxygen atoms in total. The van der Waals surface area contributed by atoms with Crippen molar-refractivity contribution in [1.29, 1.82) is 0 Å². The Morgan fingerprint density at radius 1 is 1.17 bits per heavy atom. The van der Waals surface area contributed by atoms with Crippen molar-refractivity contribution in [3.63, 3.8) is 0 Å². The molecule has 0 heterocycles. The second-order valence-corrected chi connectivity index (χ2v) is 5.12. The molecule has 0 unspecified atom stereocenters. The first-order chi connectivity index (χ1) is 11.4. The fourth-order valence-corrected chi connectivity index (χ4v) is 2.07. The van der Waals surface area contributed by atoms with Gasteiger partial charge in [0.15, 0.2) is 0 Å². The van der Waals surface area contributed by atoms with Crippen LogP contribution in [0.2, 0.25) is 5.02 Å². The van der Waals surface area contributed by atoms with Crippen LogP contribution in [0.4, 0.5) is 14.5 Å². The highest BCUT2D eigenvalue weighted by molar-refractivity contribution is 6.30. The number of hydrogen-bond acceptors (Lipinski definition) is 3. The van der Waals surface area contributed by atoms with E-state index in [-0.39, 0.29) is 5.69 Å². The van der Waals surface area contributed by atoms with Crippen LogP contribution in [0.15, 0.2) is 42.5 Å². The van der Waals surface area contributed by atoms with Crippen LogP contribution in [0.1, 0.15) is 15.9 Å².